The van der Waals surface area contributed by atoms with E-state index in [1.54, 1.807) is 0 Å². The average molecular weight is 346 g/mol. The maximum atomic E-state index is 4.90. The normalized spacial score (nSPS) is 11.8. The zero-order chi connectivity index (χ0) is 18.9. The van der Waals surface area contributed by atoms with Gasteiger partial charge in [-0.1, -0.05) is 0 Å². The van der Waals surface area contributed by atoms with Crippen molar-refractivity contribution in [2.24, 2.45) is 0 Å². The Labute approximate surface area is 154 Å². The Morgan fingerprint density at radius 3 is 1.08 bits per heavy atom. The van der Waals surface area contributed by atoms with Gasteiger partial charge in [0.25, 0.3) is 0 Å². The van der Waals surface area contributed by atoms with Crippen molar-refractivity contribution in [2.45, 2.75) is 55.4 Å². The van der Waals surface area contributed by atoms with Crippen LogP contribution in [0.15, 0.2) is 0 Å². The van der Waals surface area contributed by atoms with Gasteiger partial charge in [-0.05, 0) is 99.9 Å². The third kappa shape index (κ3) is 2.08. The van der Waals surface area contributed by atoms with E-state index in [1.807, 2.05) is 0 Å². The Bertz CT molecular complexity index is 1020. The average Bonchev–Trinajstić information content (AvgIpc) is 3.26. The first-order valence-corrected chi connectivity index (χ1v) is 9.14. The highest BCUT2D eigenvalue weighted by Crippen LogP contribution is 2.32. The van der Waals surface area contributed by atoms with Crippen molar-refractivity contribution in [3.05, 3.63) is 44.5 Å². The summed E-state index contributed by atoms with van der Waals surface area (Å²) in [7, 11) is 0. The molecule has 2 heterocycles. The van der Waals surface area contributed by atoms with E-state index in [0.29, 0.717) is 0 Å². The molecular weight excluding hydrogens is 320 g/mol. The van der Waals surface area contributed by atoms with Gasteiger partial charge in [0.05, 0.1) is 22.1 Å². The molecule has 4 nitrogen and oxygen atoms in total. The van der Waals surface area contributed by atoms with Crippen molar-refractivity contribution >= 4 is 22.1 Å². The van der Waals surface area contributed by atoms with E-state index in [9.17, 15) is 0 Å². The van der Waals surface area contributed by atoms with Gasteiger partial charge >= 0.3 is 0 Å². The molecule has 26 heavy (non-hydrogen) atoms. The number of nitrogens with one attached hydrogen (secondary N) is 2. The molecule has 0 saturated carbocycles. The summed E-state index contributed by atoms with van der Waals surface area (Å²) < 4.78 is 0. The first-order valence-electron chi connectivity index (χ1n) is 9.14. The summed E-state index contributed by atoms with van der Waals surface area (Å²) in [4.78, 5) is 16.8. The van der Waals surface area contributed by atoms with Gasteiger partial charge in [-0.15, -0.1) is 0 Å². The second kappa shape index (κ2) is 5.44. The molecular formula is C22H26N4. The minimum Gasteiger partial charge on any atom is -0.335 e. The molecule has 4 rings (SSSR count). The predicted octanol–water partition coefficient (Wildman–Crippen LogP) is 5.57. The number of nitrogens with zero attached hydrogens (tertiary/aromatic N) is 2. The first-order chi connectivity index (χ1) is 12.2. The van der Waals surface area contributed by atoms with Crippen LogP contribution in [-0.2, 0) is 0 Å². The fourth-order valence-electron chi connectivity index (χ4n) is 3.91. The summed E-state index contributed by atoms with van der Waals surface area (Å²) in [5.41, 5.74) is 14.6. The number of hydrogen-bond acceptors (Lipinski definition) is 2. The lowest BCUT2D eigenvalue weighted by molar-refractivity contribution is 1.22. The van der Waals surface area contributed by atoms with Crippen LogP contribution >= 0.6 is 0 Å². The van der Waals surface area contributed by atoms with Crippen molar-refractivity contribution in [2.75, 3.05) is 0 Å². The van der Waals surface area contributed by atoms with Gasteiger partial charge in [0.1, 0.15) is 0 Å². The van der Waals surface area contributed by atoms with Crippen LogP contribution < -0.4 is 0 Å². The number of imidazole rings is 2. The Balaban J connectivity index is 2.02. The van der Waals surface area contributed by atoms with Crippen LogP contribution in [0.1, 0.15) is 44.5 Å². The van der Waals surface area contributed by atoms with Crippen LogP contribution in [0.25, 0.3) is 33.7 Å². The number of hydrogen-bond donors (Lipinski definition) is 2. The number of rotatable bonds is 1. The van der Waals surface area contributed by atoms with E-state index in [0.717, 1.165) is 33.7 Å². The van der Waals surface area contributed by atoms with Gasteiger partial charge in [0, 0.05) is 0 Å². The van der Waals surface area contributed by atoms with Gasteiger partial charge in [-0.2, -0.15) is 0 Å². The maximum absolute atomic E-state index is 4.90. The summed E-state index contributed by atoms with van der Waals surface area (Å²) in [6.45, 7) is 17.3. The molecule has 0 bridgehead atoms. The van der Waals surface area contributed by atoms with E-state index >= 15 is 0 Å². The first kappa shape index (κ1) is 16.8. The monoisotopic (exact) mass is 346 g/mol. The number of H-pyrrole nitrogens is 2. The Morgan fingerprint density at radius 2 is 0.731 bits per heavy atom. The van der Waals surface area contributed by atoms with Gasteiger partial charge in [0.2, 0.25) is 0 Å². The van der Waals surface area contributed by atoms with E-state index in [1.165, 1.54) is 44.5 Å². The largest absolute Gasteiger partial charge is 0.335 e. The van der Waals surface area contributed by atoms with Crippen LogP contribution in [-0.4, -0.2) is 19.9 Å². The summed E-state index contributed by atoms with van der Waals surface area (Å²) >= 11 is 0. The lowest BCUT2D eigenvalue weighted by atomic mass is 9.98. The second-order valence-electron chi connectivity index (χ2n) is 7.62. The standard InChI is InChI=1S/C22H26N4/c1-9-10(2)14(6)18-17(13(9)5)23-21(24-18)22-25-19-15(7)11(3)12(4)16(8)20(19)26-22/h1-8H3,(H,23,24)(H,25,26). The SMILES string of the molecule is Cc1c(C)c(C)c2[nH]c(-c3nc4c(C)c(C)c(C)c(C)c4[nH]3)nc2c1C. The van der Waals surface area contributed by atoms with Gasteiger partial charge in [0.15, 0.2) is 11.6 Å². The number of benzene rings is 2. The molecule has 4 aromatic rings. The molecule has 0 aliphatic heterocycles. The summed E-state index contributed by atoms with van der Waals surface area (Å²) in [6, 6.07) is 0. The highest BCUT2D eigenvalue weighted by Gasteiger charge is 2.18. The molecule has 134 valence electrons. The molecule has 4 heteroatoms. The highest BCUT2D eigenvalue weighted by molar-refractivity contribution is 5.90. The lowest BCUT2D eigenvalue weighted by Gasteiger charge is -2.09. The molecule has 0 saturated heterocycles. The number of aryl methyl sites for hydroxylation is 4. The van der Waals surface area contributed by atoms with Crippen LogP contribution in [0.2, 0.25) is 0 Å². The van der Waals surface area contributed by atoms with E-state index in [2.05, 4.69) is 65.4 Å². The smallest absolute Gasteiger partial charge is 0.174 e. The van der Waals surface area contributed by atoms with Crippen LogP contribution in [0.5, 0.6) is 0 Å². The van der Waals surface area contributed by atoms with Gasteiger partial charge < -0.3 is 9.97 Å². The number of aromatic nitrogens is 4. The molecule has 2 aromatic carbocycles. The molecule has 0 fully saturated rings. The number of aromatic amines is 2. The molecule has 0 aliphatic rings. The fraction of sp³-hybridized carbons (Fsp3) is 0.364. The lowest BCUT2D eigenvalue weighted by Crippen LogP contribution is -1.92. The summed E-state index contributed by atoms with van der Waals surface area (Å²) in [5, 5.41) is 0. The Hall–Kier alpha value is -2.62. The predicted molar refractivity (Wildman–Crippen MR) is 109 cm³/mol. The number of fused-ring (bicyclic) bond motifs is 2. The Morgan fingerprint density at radius 1 is 0.423 bits per heavy atom. The Kier molecular flexibility index (Phi) is 3.52. The molecule has 2 aromatic heterocycles. The van der Waals surface area contributed by atoms with E-state index in [4.69, 9.17) is 9.97 Å². The molecule has 0 atom stereocenters. The van der Waals surface area contributed by atoms with E-state index in [-0.39, 0.29) is 0 Å². The zero-order valence-electron chi connectivity index (χ0n) is 16.9. The fourth-order valence-corrected chi connectivity index (χ4v) is 3.91. The van der Waals surface area contributed by atoms with Gasteiger partial charge in [-0.3, -0.25) is 0 Å². The van der Waals surface area contributed by atoms with Crippen molar-refractivity contribution in [1.29, 1.82) is 0 Å². The van der Waals surface area contributed by atoms with Crippen LogP contribution in [0.4, 0.5) is 0 Å². The van der Waals surface area contributed by atoms with Crippen molar-refractivity contribution in [1.82, 2.24) is 19.9 Å². The van der Waals surface area contributed by atoms with Crippen LogP contribution in [0, 0.1) is 55.4 Å². The molecule has 0 amide bonds. The third-order valence-electron chi connectivity index (χ3n) is 6.47. The molecule has 0 radical (unpaired) electrons. The minimum absolute atomic E-state index is 0.807. The maximum Gasteiger partial charge on any atom is 0.174 e. The topological polar surface area (TPSA) is 57.4 Å². The highest BCUT2D eigenvalue weighted by atomic mass is 15.0. The second-order valence-corrected chi connectivity index (χ2v) is 7.62. The van der Waals surface area contributed by atoms with Crippen molar-refractivity contribution in [3.8, 4) is 11.6 Å². The third-order valence-corrected chi connectivity index (χ3v) is 6.47. The minimum atomic E-state index is 0.807. The van der Waals surface area contributed by atoms with Crippen molar-refractivity contribution < 1.29 is 0 Å². The van der Waals surface area contributed by atoms with Crippen molar-refractivity contribution in [3.63, 3.8) is 0 Å². The molecule has 0 unspecified atom stereocenters. The van der Waals surface area contributed by atoms with E-state index < -0.39 is 0 Å². The van der Waals surface area contributed by atoms with Gasteiger partial charge in [-0.25, -0.2) is 9.97 Å². The molecule has 2 N–H and O–H groups in total. The molecule has 0 aliphatic carbocycles. The van der Waals surface area contributed by atoms with Crippen LogP contribution in [0.3, 0.4) is 0 Å². The summed E-state index contributed by atoms with van der Waals surface area (Å²) in [5.74, 6) is 1.61. The zero-order valence-corrected chi connectivity index (χ0v) is 16.9. The summed E-state index contributed by atoms with van der Waals surface area (Å²) in [6.07, 6.45) is 0. The quantitative estimate of drug-likeness (QED) is 0.473. The molecule has 0 spiro atoms.